The Morgan fingerprint density at radius 2 is 1.71 bits per heavy atom. The molecule has 0 aliphatic heterocycles. The van der Waals surface area contributed by atoms with Crippen molar-refractivity contribution in [2.24, 2.45) is 0 Å². The molecule has 0 saturated heterocycles. The maximum Gasteiger partial charge on any atom is 0.273 e. The number of thioether (sulfide) groups is 1. The lowest BCUT2D eigenvalue weighted by Crippen LogP contribution is -2.23. The Morgan fingerprint density at radius 1 is 0.971 bits per heavy atom. The number of halogens is 1. The van der Waals surface area contributed by atoms with Crippen LogP contribution in [-0.4, -0.2) is 32.4 Å². The number of hydrogen-bond acceptors (Lipinski definition) is 7. The summed E-state index contributed by atoms with van der Waals surface area (Å²) in [5.41, 5.74) is 2.77. The quantitative estimate of drug-likeness (QED) is 0.223. The van der Waals surface area contributed by atoms with E-state index in [-0.39, 0.29) is 5.56 Å². The number of fused-ring (bicyclic) bond motifs is 3. The molecule has 10 heteroatoms. The molecule has 3 heterocycles. The van der Waals surface area contributed by atoms with Crippen LogP contribution in [0.25, 0.3) is 16.0 Å². The zero-order valence-electron chi connectivity index (χ0n) is 19.2. The van der Waals surface area contributed by atoms with Gasteiger partial charge in [0.05, 0.1) is 25.3 Å². The van der Waals surface area contributed by atoms with Crippen molar-refractivity contribution < 1.29 is 9.47 Å². The van der Waals surface area contributed by atoms with Gasteiger partial charge in [-0.1, -0.05) is 41.6 Å². The van der Waals surface area contributed by atoms with E-state index in [0.29, 0.717) is 52.5 Å². The third-order valence-electron chi connectivity index (χ3n) is 5.41. The maximum atomic E-state index is 13.4. The largest absolute Gasteiger partial charge is 0.490 e. The van der Waals surface area contributed by atoms with Gasteiger partial charge in [-0.3, -0.25) is 13.8 Å². The molecule has 5 rings (SSSR count). The number of benzene rings is 2. The lowest BCUT2D eigenvalue weighted by atomic mass is 10.2. The van der Waals surface area contributed by atoms with Crippen LogP contribution in [0.1, 0.15) is 25.0 Å². The van der Waals surface area contributed by atoms with Crippen molar-refractivity contribution in [3.63, 3.8) is 0 Å². The second-order valence-corrected chi connectivity index (χ2v) is 10.0. The minimum atomic E-state index is -0.0870. The van der Waals surface area contributed by atoms with Gasteiger partial charge in [0.25, 0.3) is 5.56 Å². The molecule has 0 aliphatic carbocycles. The average molecular weight is 527 g/mol. The topological polar surface area (TPSA) is 70.7 Å². The van der Waals surface area contributed by atoms with Gasteiger partial charge in [-0.05, 0) is 60.7 Å². The smallest absolute Gasteiger partial charge is 0.273 e. The van der Waals surface area contributed by atoms with Crippen LogP contribution in [-0.2, 0) is 12.3 Å². The minimum absolute atomic E-state index is 0.0870. The molecule has 0 N–H and O–H groups in total. The van der Waals surface area contributed by atoms with Crippen LogP contribution >= 0.6 is 34.7 Å². The number of nitrogens with zero attached hydrogens (tertiary/aromatic N) is 4. The van der Waals surface area contributed by atoms with Gasteiger partial charge in [0.15, 0.2) is 16.7 Å². The van der Waals surface area contributed by atoms with Gasteiger partial charge in [-0.2, -0.15) is 0 Å². The molecule has 0 spiro atoms. The Morgan fingerprint density at radius 3 is 2.49 bits per heavy atom. The van der Waals surface area contributed by atoms with Crippen LogP contribution < -0.4 is 15.0 Å². The molecule has 0 fully saturated rings. The molecule has 0 radical (unpaired) electrons. The van der Waals surface area contributed by atoms with E-state index in [1.807, 2.05) is 72.2 Å². The predicted molar refractivity (Wildman–Crippen MR) is 142 cm³/mol. The minimum Gasteiger partial charge on any atom is -0.490 e. The van der Waals surface area contributed by atoms with Gasteiger partial charge in [0, 0.05) is 10.8 Å². The summed E-state index contributed by atoms with van der Waals surface area (Å²) in [5, 5.41) is 12.2. The Balaban J connectivity index is 1.54. The van der Waals surface area contributed by atoms with E-state index in [1.54, 1.807) is 16.3 Å². The van der Waals surface area contributed by atoms with Gasteiger partial charge in [0.2, 0.25) is 5.78 Å². The molecule has 2 aromatic carbocycles. The van der Waals surface area contributed by atoms with Crippen molar-refractivity contribution in [3.8, 4) is 11.5 Å². The summed E-state index contributed by atoms with van der Waals surface area (Å²) in [7, 11) is 0. The van der Waals surface area contributed by atoms with Gasteiger partial charge in [-0.15, -0.1) is 21.5 Å². The molecule has 35 heavy (non-hydrogen) atoms. The number of ether oxygens (including phenoxy) is 2. The summed E-state index contributed by atoms with van der Waals surface area (Å²) in [6, 6.07) is 15.4. The second-order valence-electron chi connectivity index (χ2n) is 7.71. The summed E-state index contributed by atoms with van der Waals surface area (Å²) in [5.74, 6) is 2.56. The third-order valence-corrected chi connectivity index (χ3v) is 7.56. The van der Waals surface area contributed by atoms with Crippen molar-refractivity contribution in [2.75, 3.05) is 13.2 Å². The molecule has 5 aromatic rings. The fraction of sp³-hybridized carbons (Fsp3) is 0.240. The summed E-state index contributed by atoms with van der Waals surface area (Å²) in [6.07, 6.45) is 0. The highest BCUT2D eigenvalue weighted by molar-refractivity contribution is 7.98. The molecular formula is C25H23ClN4O3S2. The molecule has 0 bridgehead atoms. The van der Waals surface area contributed by atoms with Gasteiger partial charge < -0.3 is 9.47 Å². The molecule has 0 amide bonds. The monoisotopic (exact) mass is 526 g/mol. The average Bonchev–Trinajstić information content (AvgIpc) is 3.50. The summed E-state index contributed by atoms with van der Waals surface area (Å²) >= 11 is 9.01. The number of rotatable bonds is 9. The highest BCUT2D eigenvalue weighted by Gasteiger charge is 2.19. The molecule has 0 unspecified atom stereocenters. The number of aromatic nitrogens is 4. The molecule has 180 valence electrons. The van der Waals surface area contributed by atoms with E-state index in [1.165, 1.54) is 11.3 Å². The Hall–Kier alpha value is -3.01. The van der Waals surface area contributed by atoms with Crippen molar-refractivity contribution in [1.29, 1.82) is 0 Å². The molecule has 0 saturated carbocycles. The van der Waals surface area contributed by atoms with Crippen LogP contribution in [0.15, 0.2) is 63.9 Å². The summed E-state index contributed by atoms with van der Waals surface area (Å²) in [4.78, 5) is 13.4. The summed E-state index contributed by atoms with van der Waals surface area (Å²) < 4.78 is 15.8. The van der Waals surface area contributed by atoms with E-state index in [2.05, 4.69) is 10.2 Å². The second kappa shape index (κ2) is 10.3. The standard InChI is InChI=1S/C25H23ClN4O3S2/c1-3-32-20-10-7-17(13-21(20)33-4-2)14-29-23(31)22-19(11-12-34-22)30-24(29)27-28-25(30)35-15-16-5-8-18(26)9-6-16/h5-13H,3-4,14-15H2,1-2H3. The van der Waals surface area contributed by atoms with E-state index >= 15 is 0 Å². The van der Waals surface area contributed by atoms with Crippen LogP contribution in [0, 0.1) is 0 Å². The van der Waals surface area contributed by atoms with Gasteiger partial charge in [0.1, 0.15) is 4.70 Å². The zero-order valence-corrected chi connectivity index (χ0v) is 21.6. The SMILES string of the molecule is CCOc1ccc(Cn2c(=O)c3sccc3n3c(SCc4ccc(Cl)cc4)nnc23)cc1OCC. The Kier molecular flexibility index (Phi) is 6.99. The molecule has 0 aliphatic rings. The van der Waals surface area contributed by atoms with Gasteiger partial charge in [-0.25, -0.2) is 0 Å². The third kappa shape index (κ3) is 4.76. The highest BCUT2D eigenvalue weighted by Crippen LogP contribution is 2.30. The first-order chi connectivity index (χ1) is 17.1. The molecule has 3 aromatic heterocycles. The van der Waals surface area contributed by atoms with E-state index < -0.39 is 0 Å². The van der Waals surface area contributed by atoms with Crippen molar-refractivity contribution in [2.45, 2.75) is 31.3 Å². The molecular weight excluding hydrogens is 504 g/mol. The zero-order chi connectivity index (χ0) is 24.4. The first kappa shape index (κ1) is 23.7. The molecule has 7 nitrogen and oxygen atoms in total. The maximum absolute atomic E-state index is 13.4. The van der Waals surface area contributed by atoms with Crippen LogP contribution in [0.3, 0.4) is 0 Å². The van der Waals surface area contributed by atoms with Crippen molar-refractivity contribution >= 4 is 50.7 Å². The van der Waals surface area contributed by atoms with Crippen molar-refractivity contribution in [3.05, 3.63) is 80.4 Å². The first-order valence-electron chi connectivity index (χ1n) is 11.2. The lowest BCUT2D eigenvalue weighted by molar-refractivity contribution is 0.287. The molecule has 0 atom stereocenters. The van der Waals surface area contributed by atoms with E-state index in [9.17, 15) is 4.79 Å². The van der Waals surface area contributed by atoms with Crippen LogP contribution in [0.4, 0.5) is 0 Å². The highest BCUT2D eigenvalue weighted by atomic mass is 35.5. The van der Waals surface area contributed by atoms with Crippen LogP contribution in [0.2, 0.25) is 5.02 Å². The van der Waals surface area contributed by atoms with E-state index in [0.717, 1.165) is 21.8 Å². The normalized spacial score (nSPS) is 11.4. The Labute approximate surface area is 215 Å². The lowest BCUT2D eigenvalue weighted by Gasteiger charge is -2.14. The number of thiophene rings is 1. The Bertz CT molecular complexity index is 1540. The van der Waals surface area contributed by atoms with Gasteiger partial charge >= 0.3 is 0 Å². The fourth-order valence-electron chi connectivity index (χ4n) is 3.84. The fourth-order valence-corrected chi connectivity index (χ4v) is 5.69. The van der Waals surface area contributed by atoms with Crippen LogP contribution in [0.5, 0.6) is 11.5 Å². The number of hydrogen-bond donors (Lipinski definition) is 0. The van der Waals surface area contributed by atoms with Crippen molar-refractivity contribution in [1.82, 2.24) is 19.2 Å². The summed E-state index contributed by atoms with van der Waals surface area (Å²) in [6.45, 7) is 5.27. The van der Waals surface area contributed by atoms with E-state index in [4.69, 9.17) is 21.1 Å². The predicted octanol–water partition coefficient (Wildman–Crippen LogP) is 5.90. The first-order valence-corrected chi connectivity index (χ1v) is 13.4.